The van der Waals surface area contributed by atoms with E-state index in [4.69, 9.17) is 22.3 Å². The molecule has 0 aliphatic heterocycles. The molecular formula is C9H8Cl2FNO3S. The predicted molar refractivity (Wildman–Crippen MR) is 62.5 cm³/mol. The lowest BCUT2D eigenvalue weighted by atomic mass is 10.2. The van der Waals surface area contributed by atoms with Crippen molar-refractivity contribution >= 4 is 37.2 Å². The summed E-state index contributed by atoms with van der Waals surface area (Å²) in [6.07, 6.45) is 0. The number of carbonyl (C=O) groups excluding carboxylic acids is 1. The zero-order valence-electron chi connectivity index (χ0n) is 8.87. The Morgan fingerprint density at radius 2 is 1.88 bits per heavy atom. The highest BCUT2D eigenvalue weighted by Gasteiger charge is 2.22. The number of amides is 1. The Labute approximate surface area is 107 Å². The minimum atomic E-state index is -4.26. The maximum atomic E-state index is 13.3. The first-order valence-electron chi connectivity index (χ1n) is 4.30. The third kappa shape index (κ3) is 3.08. The normalized spacial score (nSPS) is 11.4. The van der Waals surface area contributed by atoms with Gasteiger partial charge in [0.25, 0.3) is 15.0 Å². The second-order valence-electron chi connectivity index (χ2n) is 3.40. The SMILES string of the molecule is CN(C)C(=O)c1cc(S(=O)(=O)Cl)c(F)cc1Cl. The lowest BCUT2D eigenvalue weighted by Crippen LogP contribution is -2.22. The van der Waals surface area contributed by atoms with Gasteiger partial charge in [-0.2, -0.15) is 0 Å². The fourth-order valence-corrected chi connectivity index (χ4v) is 2.26. The summed E-state index contributed by atoms with van der Waals surface area (Å²) in [6.45, 7) is 0. The van der Waals surface area contributed by atoms with E-state index in [0.29, 0.717) is 0 Å². The monoisotopic (exact) mass is 299 g/mol. The van der Waals surface area contributed by atoms with Crippen LogP contribution in [0, 0.1) is 5.82 Å². The molecule has 4 nitrogen and oxygen atoms in total. The molecule has 0 spiro atoms. The second kappa shape index (κ2) is 4.80. The van der Waals surface area contributed by atoms with Gasteiger partial charge in [-0.1, -0.05) is 11.6 Å². The van der Waals surface area contributed by atoms with Gasteiger partial charge in [0.2, 0.25) is 0 Å². The van der Waals surface area contributed by atoms with Crippen LogP contribution in [0.5, 0.6) is 0 Å². The zero-order valence-corrected chi connectivity index (χ0v) is 11.2. The summed E-state index contributed by atoms with van der Waals surface area (Å²) in [5.41, 5.74) is -0.128. The van der Waals surface area contributed by atoms with Crippen molar-refractivity contribution in [1.82, 2.24) is 4.90 Å². The summed E-state index contributed by atoms with van der Waals surface area (Å²) >= 11 is 5.67. The molecule has 1 rings (SSSR count). The number of halogens is 3. The van der Waals surface area contributed by atoms with Crippen LogP contribution >= 0.6 is 22.3 Å². The van der Waals surface area contributed by atoms with Gasteiger partial charge in [0.1, 0.15) is 10.7 Å². The van der Waals surface area contributed by atoms with Gasteiger partial charge in [-0.05, 0) is 12.1 Å². The Morgan fingerprint density at radius 1 is 1.35 bits per heavy atom. The first-order valence-corrected chi connectivity index (χ1v) is 6.98. The zero-order chi connectivity index (χ0) is 13.4. The molecule has 8 heteroatoms. The van der Waals surface area contributed by atoms with E-state index >= 15 is 0 Å². The number of hydrogen-bond donors (Lipinski definition) is 0. The van der Waals surface area contributed by atoms with E-state index in [1.165, 1.54) is 19.0 Å². The van der Waals surface area contributed by atoms with Crippen LogP contribution in [0.15, 0.2) is 17.0 Å². The summed E-state index contributed by atoms with van der Waals surface area (Å²) in [5, 5.41) is -0.176. The van der Waals surface area contributed by atoms with Gasteiger partial charge >= 0.3 is 0 Å². The molecule has 0 unspecified atom stereocenters. The van der Waals surface area contributed by atoms with Crippen molar-refractivity contribution in [2.24, 2.45) is 0 Å². The molecule has 0 N–H and O–H groups in total. The summed E-state index contributed by atoms with van der Waals surface area (Å²) in [4.78, 5) is 12.1. The third-order valence-electron chi connectivity index (χ3n) is 1.92. The number of hydrogen-bond acceptors (Lipinski definition) is 3. The lowest BCUT2D eigenvalue weighted by molar-refractivity contribution is 0.0827. The second-order valence-corrected chi connectivity index (χ2v) is 6.34. The summed E-state index contributed by atoms with van der Waals surface area (Å²) in [7, 11) is 3.68. The van der Waals surface area contributed by atoms with Gasteiger partial charge in [0, 0.05) is 24.8 Å². The van der Waals surface area contributed by atoms with Gasteiger partial charge < -0.3 is 4.90 Å². The van der Waals surface area contributed by atoms with E-state index in [2.05, 4.69) is 0 Å². The van der Waals surface area contributed by atoms with Crippen LogP contribution in [0.4, 0.5) is 4.39 Å². The fourth-order valence-electron chi connectivity index (χ4n) is 1.12. The molecule has 0 fully saturated rings. The average molecular weight is 300 g/mol. The molecule has 0 saturated carbocycles. The molecule has 94 valence electrons. The highest BCUT2D eigenvalue weighted by atomic mass is 35.7. The molecule has 0 atom stereocenters. The molecule has 0 saturated heterocycles. The highest BCUT2D eigenvalue weighted by Crippen LogP contribution is 2.26. The molecule has 0 aromatic heterocycles. The van der Waals surface area contributed by atoms with Crippen molar-refractivity contribution in [1.29, 1.82) is 0 Å². The maximum Gasteiger partial charge on any atom is 0.264 e. The van der Waals surface area contributed by atoms with Crippen LogP contribution in [0.25, 0.3) is 0 Å². The summed E-state index contributed by atoms with van der Waals surface area (Å²) in [5.74, 6) is -1.64. The summed E-state index contributed by atoms with van der Waals surface area (Å²) in [6, 6.07) is 1.57. The Balaban J connectivity index is 3.50. The van der Waals surface area contributed by atoms with Gasteiger partial charge in [-0.15, -0.1) is 0 Å². The lowest BCUT2D eigenvalue weighted by Gasteiger charge is -2.12. The summed E-state index contributed by atoms with van der Waals surface area (Å²) < 4.78 is 35.5. The topological polar surface area (TPSA) is 54.5 Å². The molecular weight excluding hydrogens is 292 g/mol. The van der Waals surface area contributed by atoms with Crippen molar-refractivity contribution in [2.75, 3.05) is 14.1 Å². The van der Waals surface area contributed by atoms with Crippen molar-refractivity contribution in [2.45, 2.75) is 4.90 Å². The van der Waals surface area contributed by atoms with Crippen LogP contribution < -0.4 is 0 Å². The Hall–Kier alpha value is -0.850. The molecule has 0 heterocycles. The minimum absolute atomic E-state index is 0.128. The molecule has 0 aliphatic carbocycles. The number of rotatable bonds is 2. The van der Waals surface area contributed by atoms with E-state index in [-0.39, 0.29) is 10.6 Å². The van der Waals surface area contributed by atoms with E-state index in [1.54, 1.807) is 0 Å². The van der Waals surface area contributed by atoms with Crippen LogP contribution in [-0.4, -0.2) is 33.3 Å². The van der Waals surface area contributed by atoms with Gasteiger partial charge in [0.15, 0.2) is 0 Å². The standard InChI is InChI=1S/C9H8Cl2FNO3S/c1-13(2)9(14)5-3-8(17(11,15)16)7(12)4-6(5)10/h3-4H,1-2H3. The number of benzene rings is 1. The van der Waals surface area contributed by atoms with Crippen molar-refractivity contribution in [3.05, 3.63) is 28.5 Å². The van der Waals surface area contributed by atoms with Gasteiger partial charge in [-0.25, -0.2) is 12.8 Å². The first-order chi connectivity index (χ1) is 7.64. The van der Waals surface area contributed by atoms with Gasteiger partial charge in [-0.3, -0.25) is 4.79 Å². The predicted octanol–water partition coefficient (Wildman–Crippen LogP) is 2.11. The van der Waals surface area contributed by atoms with E-state index in [1.807, 2.05) is 0 Å². The smallest absolute Gasteiger partial charge is 0.264 e. The van der Waals surface area contributed by atoms with Gasteiger partial charge in [0.05, 0.1) is 10.6 Å². The molecule has 0 aliphatic rings. The number of carbonyl (C=O) groups is 1. The van der Waals surface area contributed by atoms with Crippen LogP contribution in [0.1, 0.15) is 10.4 Å². The highest BCUT2D eigenvalue weighted by molar-refractivity contribution is 8.13. The first kappa shape index (κ1) is 14.2. The van der Waals surface area contributed by atoms with Crippen molar-refractivity contribution < 1.29 is 17.6 Å². The maximum absolute atomic E-state index is 13.3. The van der Waals surface area contributed by atoms with Crippen molar-refractivity contribution in [3.63, 3.8) is 0 Å². The fraction of sp³-hybridized carbons (Fsp3) is 0.222. The molecule has 17 heavy (non-hydrogen) atoms. The Morgan fingerprint density at radius 3 is 2.29 bits per heavy atom. The van der Waals surface area contributed by atoms with E-state index in [9.17, 15) is 17.6 Å². The van der Waals surface area contributed by atoms with Crippen LogP contribution in [0.2, 0.25) is 5.02 Å². The molecule has 0 bridgehead atoms. The quantitative estimate of drug-likeness (QED) is 0.786. The Bertz CT molecular complexity index is 572. The third-order valence-corrected chi connectivity index (χ3v) is 3.57. The molecule has 1 aromatic carbocycles. The molecule has 1 aromatic rings. The Kier molecular flexibility index (Phi) is 4.01. The van der Waals surface area contributed by atoms with E-state index in [0.717, 1.165) is 12.1 Å². The minimum Gasteiger partial charge on any atom is -0.345 e. The van der Waals surface area contributed by atoms with Crippen LogP contribution in [0.3, 0.4) is 0 Å². The largest absolute Gasteiger partial charge is 0.345 e. The van der Waals surface area contributed by atoms with Crippen molar-refractivity contribution in [3.8, 4) is 0 Å². The molecule has 0 radical (unpaired) electrons. The average Bonchev–Trinajstić information content (AvgIpc) is 2.14. The van der Waals surface area contributed by atoms with E-state index < -0.39 is 25.7 Å². The molecule has 1 amide bonds. The van der Waals surface area contributed by atoms with Crippen LogP contribution in [-0.2, 0) is 9.05 Å². The number of nitrogens with zero attached hydrogens (tertiary/aromatic N) is 1.